The Hall–Kier alpha value is -6.05. The van der Waals surface area contributed by atoms with Gasteiger partial charge in [-0.1, -0.05) is 183 Å². The van der Waals surface area contributed by atoms with Gasteiger partial charge in [-0.05, 0) is 231 Å². The molecule has 0 radical (unpaired) electrons. The topological polar surface area (TPSA) is 346 Å². The largest absolute Gasteiger partial charge is 0.550 e. The van der Waals surface area contributed by atoms with Crippen molar-refractivity contribution in [2.75, 3.05) is 74.8 Å². The molecular formula is C101H156O18S6. The molecule has 0 spiro atoms. The number of hydrogen-bond donors (Lipinski definition) is 1. The number of aliphatic carboxylic acids is 6. The normalized spacial score (nSPS) is 17.5. The molecule has 5 saturated heterocycles. The van der Waals surface area contributed by atoms with Gasteiger partial charge in [-0.15, -0.1) is 0 Å². The maximum Gasteiger partial charge on any atom is 0.217 e. The number of phenolic OH excluding ortho intramolecular Hbond substituents is 1. The van der Waals surface area contributed by atoms with Crippen molar-refractivity contribution in [3.63, 3.8) is 0 Å². The summed E-state index contributed by atoms with van der Waals surface area (Å²) in [4.78, 5) is 118. The molecule has 1 N–H and O–H groups in total. The van der Waals surface area contributed by atoms with E-state index < -0.39 is 35.8 Å². The Morgan fingerprint density at radius 2 is 0.784 bits per heavy atom. The second-order valence-electron chi connectivity index (χ2n) is 35.2. The molecule has 704 valence electrons. The molecule has 5 aliphatic heterocycles. The number of phenols is 1. The van der Waals surface area contributed by atoms with E-state index in [1.807, 2.05) is 92.7 Å². The molecule has 0 aromatic heterocycles. The van der Waals surface area contributed by atoms with Gasteiger partial charge in [-0.3, -0.25) is 24.0 Å². The average Bonchev–Trinajstić information content (AvgIpc) is 1.77. The van der Waals surface area contributed by atoms with Crippen LogP contribution in [0.4, 0.5) is 0 Å². The first-order valence-electron chi connectivity index (χ1n) is 45.7. The van der Waals surface area contributed by atoms with Crippen molar-refractivity contribution in [2.24, 2.45) is 17.3 Å². The van der Waals surface area contributed by atoms with E-state index in [0.29, 0.717) is 89.3 Å². The number of carbonyl (C=O) groups is 11. The van der Waals surface area contributed by atoms with E-state index in [4.69, 9.17) is 64.5 Å². The summed E-state index contributed by atoms with van der Waals surface area (Å²) >= 11 is 0. The summed E-state index contributed by atoms with van der Waals surface area (Å²) in [6.07, 6.45) is 37.5. The standard InChI is InChI=1S/C17H29OS.C17H23OS.C17H25OS.C17H27OS.C11H21OS.C10H12OS.6C2H4O2/c2*18-16(15-9-3-1-4-10-15)17(11-5-2-6-12-17)19-13-7-8-14-19;1-13-7-9-14(10-8-13)15(18)16(17(2,3)4)19-11-5-6-12-19;1-4-6-12-19(13-7-5-2)14-17(18)16-10-8-15(3)9-11-16;1-9(2)10(12)11(3,4)13-7-5-6-8-13;11-9-3-5-10(6-4-9)12-7-1-2-8-12;6*1-2(3)4/h15H,1-14H2;1,3-4,9-10H,2,5-8,11-14H2;7-10,16H,5-6,11-12H2,1-4H3;8-11H,4-7,12-14H2,1-3H3;9H,5-8H2,1-4H3;3-6H,1-2,7-8H2;6*1H3,(H,3,4)/q5*+1;;;;;;;/p-5. The van der Waals surface area contributed by atoms with E-state index in [-0.39, 0.29) is 41.7 Å². The van der Waals surface area contributed by atoms with Crippen molar-refractivity contribution in [3.05, 3.63) is 131 Å². The van der Waals surface area contributed by atoms with Crippen molar-refractivity contribution in [1.29, 1.82) is 0 Å². The second-order valence-corrected chi connectivity index (χ2v) is 50.2. The molecule has 125 heavy (non-hydrogen) atoms. The van der Waals surface area contributed by atoms with Crippen molar-refractivity contribution < 1.29 is 88.5 Å². The minimum absolute atomic E-state index is 0.0100. The molecule has 18 nitrogen and oxygen atoms in total. The van der Waals surface area contributed by atoms with Crippen LogP contribution in [0.15, 0.2) is 108 Å². The molecule has 12 rings (SSSR count). The number of unbranched alkanes of at least 4 members (excludes halogenated alkanes) is 2. The van der Waals surface area contributed by atoms with Crippen LogP contribution in [0.25, 0.3) is 0 Å². The molecule has 8 fully saturated rings. The molecular weight excluding hydrogens is 1690 g/mol. The molecule has 4 aromatic rings. The summed E-state index contributed by atoms with van der Waals surface area (Å²) in [5, 5.41) is 62.6. The number of ketones is 5. The Labute approximate surface area is 770 Å². The van der Waals surface area contributed by atoms with Gasteiger partial charge in [0.15, 0.2) is 41.7 Å². The number of rotatable bonds is 22. The van der Waals surface area contributed by atoms with Crippen LogP contribution in [0.2, 0.25) is 0 Å². The van der Waals surface area contributed by atoms with Crippen LogP contribution in [0.3, 0.4) is 0 Å². The molecule has 3 saturated carbocycles. The summed E-state index contributed by atoms with van der Waals surface area (Å²) in [7, 11) is 2.22. The zero-order chi connectivity index (χ0) is 94.3. The van der Waals surface area contributed by atoms with E-state index in [9.17, 15) is 24.0 Å². The lowest BCUT2D eigenvalue weighted by atomic mass is 9.76. The highest BCUT2D eigenvalue weighted by Gasteiger charge is 2.57. The summed E-state index contributed by atoms with van der Waals surface area (Å²) in [5.74, 6) is 13.2. The first kappa shape index (κ1) is 117. The Kier molecular flexibility index (Phi) is 60.5. The van der Waals surface area contributed by atoms with Crippen LogP contribution in [0.1, 0.15) is 332 Å². The first-order valence-corrected chi connectivity index (χ1v) is 55.3. The molecule has 8 aliphatic rings. The van der Waals surface area contributed by atoms with E-state index in [2.05, 4.69) is 74.4 Å². The van der Waals surface area contributed by atoms with Crippen LogP contribution in [0.5, 0.6) is 5.75 Å². The second kappa shape index (κ2) is 64.7. The van der Waals surface area contributed by atoms with Crippen molar-refractivity contribution in [3.8, 4) is 5.75 Å². The zero-order valence-corrected chi connectivity index (χ0v) is 84.0. The number of carbonyl (C=O) groups excluding carboxylic acids is 11. The van der Waals surface area contributed by atoms with Crippen LogP contribution < -0.4 is 30.6 Å². The minimum Gasteiger partial charge on any atom is -0.550 e. The van der Waals surface area contributed by atoms with Crippen LogP contribution >= 0.6 is 0 Å². The van der Waals surface area contributed by atoms with Crippen molar-refractivity contribution in [2.45, 2.75) is 328 Å². The molecule has 1 atom stereocenters. The molecule has 3 aliphatic carbocycles. The number of carboxylic acid groups (broad SMARTS) is 6. The van der Waals surface area contributed by atoms with Gasteiger partial charge < -0.3 is 64.5 Å². The highest BCUT2D eigenvalue weighted by Crippen LogP contribution is 2.46. The van der Waals surface area contributed by atoms with Gasteiger partial charge in [0.1, 0.15) is 74.8 Å². The lowest BCUT2D eigenvalue weighted by Crippen LogP contribution is -2.51. The van der Waals surface area contributed by atoms with Gasteiger partial charge in [-0.2, -0.15) is 0 Å². The maximum atomic E-state index is 13.3. The zero-order valence-electron chi connectivity index (χ0n) is 79.1. The quantitative estimate of drug-likeness (QED) is 0.0564. The summed E-state index contributed by atoms with van der Waals surface area (Å²) < 4.78 is 0.123. The molecule has 0 bridgehead atoms. The van der Waals surface area contributed by atoms with E-state index in [0.717, 1.165) is 82.6 Å². The average molecular weight is 1850 g/mol. The third-order valence-electron chi connectivity index (χ3n) is 22.5. The Bertz CT molecular complexity index is 3590. The fourth-order valence-corrected chi connectivity index (χ4v) is 34.1. The van der Waals surface area contributed by atoms with Gasteiger partial charge >= 0.3 is 0 Å². The number of aromatic hydroxyl groups is 1. The van der Waals surface area contributed by atoms with Crippen molar-refractivity contribution in [1.82, 2.24) is 0 Å². The highest BCUT2D eigenvalue weighted by molar-refractivity contribution is 8.00. The Morgan fingerprint density at radius 1 is 0.432 bits per heavy atom. The molecule has 1 unspecified atom stereocenters. The smallest absolute Gasteiger partial charge is 0.217 e. The predicted molar refractivity (Wildman–Crippen MR) is 516 cm³/mol. The summed E-state index contributed by atoms with van der Waals surface area (Å²) in [6.45, 7) is 29.4. The van der Waals surface area contributed by atoms with Crippen molar-refractivity contribution >= 4 is 130 Å². The van der Waals surface area contributed by atoms with Gasteiger partial charge in [0.25, 0.3) is 0 Å². The SMILES string of the molecule is CC(=O)[O-].CC(=O)[O-].CC(=O)[O-].CC(=O)[O-].CC(=O)[O-].CC(=O)[O-].CC(C)C(=O)C(C)(C)[S+]1CCCC1.CCCC[S+](CCCC)CC(=O)c1ccc(C)cc1.Cc1ccc(C(=O)C([S+]2CCCC2)C(C)(C)C)cc1.O=C(C1CCCCC1)C1([S+]2CCCC2)CCCCC1.O=C(c1ccccc1)C1([S+]2CCCC2)CCCCC1.Oc1ccc([S+]2CCCC2)cc1. The summed E-state index contributed by atoms with van der Waals surface area (Å²) in [6, 6.07) is 33.8. The monoisotopic (exact) mass is 1850 g/mol. The molecule has 24 heteroatoms. The Morgan fingerprint density at radius 3 is 1.17 bits per heavy atom. The first-order chi connectivity index (χ1) is 58.9. The van der Waals surface area contributed by atoms with Crippen LogP contribution in [-0.2, 0) is 104 Å². The van der Waals surface area contributed by atoms with Gasteiger partial charge in [0.2, 0.25) is 17.3 Å². The third kappa shape index (κ3) is 48.4. The number of aryl methyl sites for hydroxylation is 2. The molecule has 0 amide bonds. The van der Waals surface area contributed by atoms with E-state index in [1.165, 1.54) is 258 Å². The highest BCUT2D eigenvalue weighted by atomic mass is 32.2. The van der Waals surface area contributed by atoms with Crippen LogP contribution in [0, 0.1) is 31.1 Å². The fraction of sp³-hybridized carbons (Fsp3) is 0.653. The lowest BCUT2D eigenvalue weighted by Gasteiger charge is -2.37. The minimum atomic E-state index is -1.08. The van der Waals surface area contributed by atoms with Gasteiger partial charge in [0, 0.05) is 139 Å². The predicted octanol–water partition coefficient (Wildman–Crippen LogP) is 13.7. The van der Waals surface area contributed by atoms with Gasteiger partial charge in [-0.25, -0.2) is 0 Å². The molecule has 4 aromatic carbocycles. The fourth-order valence-electron chi connectivity index (χ4n) is 16.6. The number of carboxylic acids is 6. The van der Waals surface area contributed by atoms with Crippen LogP contribution in [-0.4, -0.2) is 164 Å². The lowest BCUT2D eigenvalue weighted by molar-refractivity contribution is -0.303. The summed E-state index contributed by atoms with van der Waals surface area (Å²) in [5.41, 5.74) is 5.22. The number of benzene rings is 4. The maximum absolute atomic E-state index is 13.3. The van der Waals surface area contributed by atoms with E-state index >= 15 is 0 Å². The number of hydrogen-bond acceptors (Lipinski definition) is 18. The van der Waals surface area contributed by atoms with E-state index in [1.54, 1.807) is 12.1 Å². The Balaban J connectivity index is 0.000000715. The molecule has 5 heterocycles. The van der Waals surface area contributed by atoms with Gasteiger partial charge in [0.05, 0.1) is 0 Å². The number of Topliss-reactive ketones (excluding diaryl/α,β-unsaturated/α-hetero) is 5. The third-order valence-corrected chi connectivity index (χ3v) is 40.3.